The van der Waals surface area contributed by atoms with E-state index in [1.165, 1.54) is 11.3 Å². The molecule has 0 radical (unpaired) electrons. The number of carbonyl (C=O) groups excluding carboxylic acids is 1. The molecule has 1 fully saturated rings. The van der Waals surface area contributed by atoms with Gasteiger partial charge < -0.3 is 9.84 Å². The third kappa shape index (κ3) is 2.90. The Morgan fingerprint density at radius 2 is 2.29 bits per heavy atom. The molecule has 3 aromatic rings. The van der Waals surface area contributed by atoms with Crippen molar-refractivity contribution in [3.8, 4) is 11.4 Å². The van der Waals surface area contributed by atoms with Crippen LogP contribution < -0.4 is 10.6 Å². The quantitative estimate of drug-likeness (QED) is 0.758. The van der Waals surface area contributed by atoms with E-state index in [1.807, 2.05) is 24.6 Å². The molecule has 1 aliphatic rings. The molecule has 24 heavy (non-hydrogen) atoms. The van der Waals surface area contributed by atoms with E-state index < -0.39 is 0 Å². The fourth-order valence-electron chi connectivity index (χ4n) is 2.80. The lowest BCUT2D eigenvalue weighted by Crippen LogP contribution is -2.45. The molecule has 0 aliphatic heterocycles. The van der Waals surface area contributed by atoms with Gasteiger partial charge in [0.1, 0.15) is 12.0 Å². The highest BCUT2D eigenvalue weighted by atomic mass is 32.1. The van der Waals surface area contributed by atoms with Gasteiger partial charge in [0, 0.05) is 36.7 Å². The normalized spacial score (nSPS) is 19.7. The second kappa shape index (κ2) is 6.08. The topological polar surface area (TPSA) is 97.9 Å². The second-order valence-corrected chi connectivity index (χ2v) is 6.62. The minimum absolute atomic E-state index is 0.156. The van der Waals surface area contributed by atoms with Gasteiger partial charge in [-0.15, -0.1) is 11.3 Å². The number of nitrogens with zero attached hydrogens (tertiary/aromatic N) is 4. The summed E-state index contributed by atoms with van der Waals surface area (Å²) in [5, 5.41) is 16.3. The molecule has 0 spiro atoms. The lowest BCUT2D eigenvalue weighted by molar-refractivity contribution is 0.231. The van der Waals surface area contributed by atoms with E-state index in [9.17, 15) is 4.79 Å². The fourth-order valence-corrected chi connectivity index (χ4v) is 3.50. The summed E-state index contributed by atoms with van der Waals surface area (Å²) < 4.78 is 6.59. The summed E-state index contributed by atoms with van der Waals surface area (Å²) >= 11 is 1.39. The summed E-state index contributed by atoms with van der Waals surface area (Å²) in [7, 11) is 1.86. The monoisotopic (exact) mass is 344 g/mol. The first-order valence-electron chi connectivity index (χ1n) is 7.61. The zero-order valence-corrected chi connectivity index (χ0v) is 13.8. The summed E-state index contributed by atoms with van der Waals surface area (Å²) in [6, 6.07) is 3.68. The largest absolute Gasteiger partial charge is 0.365 e. The average Bonchev–Trinajstić information content (AvgIpc) is 3.23. The van der Waals surface area contributed by atoms with Crippen LogP contribution in [0.1, 0.15) is 24.5 Å². The highest BCUT2D eigenvalue weighted by molar-refractivity contribution is 7.14. The van der Waals surface area contributed by atoms with Crippen molar-refractivity contribution in [3.05, 3.63) is 35.7 Å². The van der Waals surface area contributed by atoms with Gasteiger partial charge in [0.15, 0.2) is 5.13 Å². The molecule has 9 heteroatoms. The molecule has 4 rings (SSSR count). The highest BCUT2D eigenvalue weighted by Gasteiger charge is 2.33. The van der Waals surface area contributed by atoms with E-state index in [0.717, 1.165) is 29.9 Å². The lowest BCUT2D eigenvalue weighted by Gasteiger charge is -2.34. The summed E-state index contributed by atoms with van der Waals surface area (Å²) in [6.07, 6.45) is 5.04. The maximum atomic E-state index is 12.1. The van der Waals surface area contributed by atoms with Crippen molar-refractivity contribution >= 4 is 22.5 Å². The zero-order valence-electron chi connectivity index (χ0n) is 13.0. The van der Waals surface area contributed by atoms with Crippen LogP contribution in [-0.2, 0) is 7.05 Å². The van der Waals surface area contributed by atoms with Crippen molar-refractivity contribution in [1.82, 2.24) is 25.2 Å². The SMILES string of the molecule is Cn1nccc1-c1csc(NC(=O)NC2CC(c3ccon3)C2)n1. The minimum Gasteiger partial charge on any atom is -0.365 e. The van der Waals surface area contributed by atoms with Crippen LogP contribution >= 0.6 is 11.3 Å². The van der Waals surface area contributed by atoms with Crippen molar-refractivity contribution in [1.29, 1.82) is 0 Å². The smallest absolute Gasteiger partial charge is 0.321 e. The number of hydrogen-bond acceptors (Lipinski definition) is 6. The Bertz CT molecular complexity index is 834. The molecule has 1 saturated carbocycles. The molecule has 124 valence electrons. The van der Waals surface area contributed by atoms with Crippen molar-refractivity contribution in [2.45, 2.75) is 24.8 Å². The molecule has 1 aliphatic carbocycles. The Labute approximate surface area is 141 Å². The van der Waals surface area contributed by atoms with Crippen LogP contribution in [0.4, 0.5) is 9.93 Å². The van der Waals surface area contributed by atoms with Crippen LogP contribution in [0.15, 0.2) is 34.5 Å². The number of thiazole rings is 1. The maximum Gasteiger partial charge on any atom is 0.321 e. The van der Waals surface area contributed by atoms with E-state index in [0.29, 0.717) is 11.0 Å². The number of aryl methyl sites for hydroxylation is 1. The summed E-state index contributed by atoms with van der Waals surface area (Å²) in [6.45, 7) is 0. The zero-order chi connectivity index (χ0) is 16.5. The predicted octanol–water partition coefficient (Wildman–Crippen LogP) is 2.60. The Morgan fingerprint density at radius 1 is 1.42 bits per heavy atom. The summed E-state index contributed by atoms with van der Waals surface area (Å²) in [4.78, 5) is 16.5. The van der Waals surface area contributed by atoms with E-state index in [2.05, 4.69) is 25.9 Å². The molecule has 3 aromatic heterocycles. The fraction of sp³-hybridized carbons (Fsp3) is 0.333. The minimum atomic E-state index is -0.232. The Kier molecular flexibility index (Phi) is 3.77. The number of urea groups is 1. The highest BCUT2D eigenvalue weighted by Crippen LogP contribution is 2.35. The third-order valence-electron chi connectivity index (χ3n) is 4.16. The predicted molar refractivity (Wildman–Crippen MR) is 88.7 cm³/mol. The number of nitrogens with one attached hydrogen (secondary N) is 2. The molecular weight excluding hydrogens is 328 g/mol. The van der Waals surface area contributed by atoms with Crippen molar-refractivity contribution < 1.29 is 9.32 Å². The summed E-state index contributed by atoms with van der Waals surface area (Å²) in [5.41, 5.74) is 2.66. The van der Waals surface area contributed by atoms with E-state index in [-0.39, 0.29) is 12.1 Å². The maximum absolute atomic E-state index is 12.1. The standard InChI is InChI=1S/C15H16N6O2S/c1-21-13(2-4-16-21)12-8-24-15(18-12)19-14(22)17-10-6-9(7-10)11-3-5-23-20-11/h2-5,8-10H,6-7H2,1H3,(H2,17,18,19,22). The van der Waals surface area contributed by atoms with Crippen LogP contribution in [0, 0.1) is 0 Å². The van der Waals surface area contributed by atoms with Crippen molar-refractivity contribution in [3.63, 3.8) is 0 Å². The molecule has 0 saturated heterocycles. The summed E-state index contributed by atoms with van der Waals surface area (Å²) in [5.74, 6) is 0.366. The molecule has 0 unspecified atom stereocenters. The van der Waals surface area contributed by atoms with Gasteiger partial charge in [0.05, 0.1) is 11.4 Å². The lowest BCUT2D eigenvalue weighted by atomic mass is 9.78. The van der Waals surface area contributed by atoms with Gasteiger partial charge in [-0.1, -0.05) is 5.16 Å². The molecule has 8 nitrogen and oxygen atoms in total. The van der Waals surface area contributed by atoms with Gasteiger partial charge in [0.2, 0.25) is 0 Å². The van der Waals surface area contributed by atoms with E-state index in [1.54, 1.807) is 17.1 Å². The van der Waals surface area contributed by atoms with Crippen LogP contribution in [0.3, 0.4) is 0 Å². The van der Waals surface area contributed by atoms with E-state index >= 15 is 0 Å². The van der Waals surface area contributed by atoms with Crippen LogP contribution in [-0.4, -0.2) is 32.0 Å². The number of hydrogen-bond donors (Lipinski definition) is 2. The van der Waals surface area contributed by atoms with Gasteiger partial charge >= 0.3 is 6.03 Å². The van der Waals surface area contributed by atoms with E-state index in [4.69, 9.17) is 4.52 Å². The molecule has 0 bridgehead atoms. The Hall–Kier alpha value is -2.68. The number of rotatable bonds is 4. The molecule has 3 heterocycles. The Balaban J connectivity index is 1.30. The molecule has 0 aromatic carbocycles. The van der Waals surface area contributed by atoms with Gasteiger partial charge in [-0.3, -0.25) is 10.00 Å². The molecular formula is C15H16N6O2S. The number of amides is 2. The van der Waals surface area contributed by atoms with Gasteiger partial charge in [-0.05, 0) is 18.9 Å². The number of aromatic nitrogens is 4. The van der Waals surface area contributed by atoms with Crippen LogP contribution in [0.25, 0.3) is 11.4 Å². The van der Waals surface area contributed by atoms with Gasteiger partial charge in [0.25, 0.3) is 0 Å². The molecule has 0 atom stereocenters. The molecule has 2 amide bonds. The first kappa shape index (κ1) is 14.9. The van der Waals surface area contributed by atoms with Gasteiger partial charge in [-0.2, -0.15) is 5.10 Å². The second-order valence-electron chi connectivity index (χ2n) is 5.77. The van der Waals surface area contributed by atoms with Crippen LogP contribution in [0.2, 0.25) is 0 Å². The molecule has 2 N–H and O–H groups in total. The number of anilines is 1. The third-order valence-corrected chi connectivity index (χ3v) is 4.92. The Morgan fingerprint density at radius 3 is 3.00 bits per heavy atom. The van der Waals surface area contributed by atoms with Crippen molar-refractivity contribution in [2.24, 2.45) is 7.05 Å². The number of carbonyl (C=O) groups is 1. The van der Waals surface area contributed by atoms with Gasteiger partial charge in [-0.25, -0.2) is 9.78 Å². The van der Waals surface area contributed by atoms with Crippen LogP contribution in [0.5, 0.6) is 0 Å². The average molecular weight is 344 g/mol. The van der Waals surface area contributed by atoms with Crippen molar-refractivity contribution in [2.75, 3.05) is 5.32 Å². The first-order valence-corrected chi connectivity index (χ1v) is 8.48. The first-order chi connectivity index (χ1) is 11.7.